The summed E-state index contributed by atoms with van der Waals surface area (Å²) in [5.74, 6) is 1.27. The summed E-state index contributed by atoms with van der Waals surface area (Å²) in [6.07, 6.45) is 0.358. The third-order valence-electron chi connectivity index (χ3n) is 4.02. The molecule has 26 heavy (non-hydrogen) atoms. The van der Waals surface area contributed by atoms with Crippen molar-refractivity contribution in [3.8, 4) is 11.5 Å². The summed E-state index contributed by atoms with van der Waals surface area (Å²) in [4.78, 5) is 12.1. The lowest BCUT2D eigenvalue weighted by atomic mass is 10.1. The van der Waals surface area contributed by atoms with Gasteiger partial charge < -0.3 is 20.1 Å². The van der Waals surface area contributed by atoms with Crippen LogP contribution < -0.4 is 20.1 Å². The standard InChI is InChI=1S/C20H25ClN2O3/c1-13-9-14(2)20(16(21)10-13)22-8-7-19(24)23-12-15-5-6-17(25-3)18(11-15)26-4/h5-6,9-11,22H,7-8,12H2,1-4H3,(H,23,24). The molecule has 0 saturated carbocycles. The largest absolute Gasteiger partial charge is 0.493 e. The van der Waals surface area contributed by atoms with Gasteiger partial charge >= 0.3 is 0 Å². The second-order valence-corrected chi connectivity index (χ2v) is 6.49. The second kappa shape index (κ2) is 9.34. The molecular weight excluding hydrogens is 352 g/mol. The van der Waals surface area contributed by atoms with E-state index in [1.54, 1.807) is 14.2 Å². The fourth-order valence-corrected chi connectivity index (χ4v) is 3.11. The summed E-state index contributed by atoms with van der Waals surface area (Å²) in [6, 6.07) is 9.55. The van der Waals surface area contributed by atoms with Crippen molar-refractivity contribution >= 4 is 23.2 Å². The molecule has 0 spiro atoms. The molecule has 2 aromatic carbocycles. The molecule has 2 aromatic rings. The number of aryl methyl sites for hydroxylation is 2. The van der Waals surface area contributed by atoms with E-state index in [1.807, 2.05) is 38.1 Å². The van der Waals surface area contributed by atoms with Gasteiger partial charge in [0.05, 0.1) is 24.9 Å². The minimum Gasteiger partial charge on any atom is -0.493 e. The molecule has 0 bridgehead atoms. The Labute approximate surface area is 159 Å². The minimum atomic E-state index is -0.0341. The Bertz CT molecular complexity index is 755. The molecule has 0 aliphatic carbocycles. The van der Waals surface area contributed by atoms with E-state index in [2.05, 4.69) is 16.7 Å². The van der Waals surface area contributed by atoms with Gasteiger partial charge in [0, 0.05) is 19.5 Å². The zero-order valence-corrected chi connectivity index (χ0v) is 16.4. The summed E-state index contributed by atoms with van der Waals surface area (Å²) < 4.78 is 10.5. The first-order valence-corrected chi connectivity index (χ1v) is 8.80. The molecule has 1 amide bonds. The van der Waals surface area contributed by atoms with Gasteiger partial charge in [-0.2, -0.15) is 0 Å². The molecule has 140 valence electrons. The minimum absolute atomic E-state index is 0.0341. The third-order valence-corrected chi connectivity index (χ3v) is 4.32. The van der Waals surface area contributed by atoms with Gasteiger partial charge in [-0.25, -0.2) is 0 Å². The van der Waals surface area contributed by atoms with E-state index in [0.29, 0.717) is 36.0 Å². The smallest absolute Gasteiger partial charge is 0.222 e. The Morgan fingerprint density at radius 2 is 1.81 bits per heavy atom. The molecule has 0 atom stereocenters. The van der Waals surface area contributed by atoms with Gasteiger partial charge in [0.2, 0.25) is 5.91 Å². The zero-order chi connectivity index (χ0) is 19.1. The molecule has 0 heterocycles. The number of hydrogen-bond acceptors (Lipinski definition) is 4. The van der Waals surface area contributed by atoms with Gasteiger partial charge in [-0.05, 0) is 48.7 Å². The lowest BCUT2D eigenvalue weighted by Gasteiger charge is -2.13. The lowest BCUT2D eigenvalue weighted by Crippen LogP contribution is -2.25. The average Bonchev–Trinajstić information content (AvgIpc) is 2.61. The number of anilines is 1. The first kappa shape index (κ1) is 19.9. The van der Waals surface area contributed by atoms with Gasteiger partial charge in [0.1, 0.15) is 0 Å². The number of ether oxygens (including phenoxy) is 2. The number of carbonyl (C=O) groups is 1. The average molecular weight is 377 g/mol. The molecule has 6 heteroatoms. The number of methoxy groups -OCH3 is 2. The van der Waals surface area contributed by atoms with Crippen LogP contribution in [0.5, 0.6) is 11.5 Å². The van der Waals surface area contributed by atoms with Crippen LogP contribution in [0.25, 0.3) is 0 Å². The molecule has 2 N–H and O–H groups in total. The van der Waals surface area contributed by atoms with Crippen LogP contribution in [-0.2, 0) is 11.3 Å². The lowest BCUT2D eigenvalue weighted by molar-refractivity contribution is -0.121. The maximum atomic E-state index is 12.1. The first-order chi connectivity index (χ1) is 12.4. The van der Waals surface area contributed by atoms with Gasteiger partial charge in [0.15, 0.2) is 11.5 Å². The number of amides is 1. The SMILES string of the molecule is COc1ccc(CNC(=O)CCNc2c(C)cc(C)cc2Cl)cc1OC. The Hall–Kier alpha value is -2.40. The summed E-state index contributed by atoms with van der Waals surface area (Å²) in [5.41, 5.74) is 4.01. The van der Waals surface area contributed by atoms with Crippen LogP contribution >= 0.6 is 11.6 Å². The van der Waals surface area contributed by atoms with Crippen molar-refractivity contribution in [1.82, 2.24) is 5.32 Å². The van der Waals surface area contributed by atoms with E-state index in [-0.39, 0.29) is 5.91 Å². The highest BCUT2D eigenvalue weighted by Crippen LogP contribution is 2.28. The molecular formula is C20H25ClN2O3. The monoisotopic (exact) mass is 376 g/mol. The molecule has 5 nitrogen and oxygen atoms in total. The first-order valence-electron chi connectivity index (χ1n) is 8.42. The third kappa shape index (κ3) is 5.30. The highest BCUT2D eigenvalue weighted by molar-refractivity contribution is 6.33. The summed E-state index contributed by atoms with van der Waals surface area (Å²) >= 11 is 6.26. The van der Waals surface area contributed by atoms with Crippen molar-refractivity contribution in [2.24, 2.45) is 0 Å². The highest BCUT2D eigenvalue weighted by Gasteiger charge is 2.08. The molecule has 0 saturated heterocycles. The molecule has 2 rings (SSSR count). The molecule has 0 unspecified atom stereocenters. The van der Waals surface area contributed by atoms with Crippen molar-refractivity contribution in [3.05, 3.63) is 52.0 Å². The topological polar surface area (TPSA) is 59.6 Å². The normalized spacial score (nSPS) is 10.3. The van der Waals surface area contributed by atoms with E-state index in [4.69, 9.17) is 21.1 Å². The van der Waals surface area contributed by atoms with Gasteiger partial charge in [0.25, 0.3) is 0 Å². The predicted molar refractivity (Wildman–Crippen MR) is 105 cm³/mol. The van der Waals surface area contributed by atoms with Crippen LogP contribution in [0.4, 0.5) is 5.69 Å². The van der Waals surface area contributed by atoms with E-state index in [0.717, 1.165) is 22.4 Å². The van der Waals surface area contributed by atoms with Crippen LogP contribution in [0.3, 0.4) is 0 Å². The van der Waals surface area contributed by atoms with Gasteiger partial charge in [-0.1, -0.05) is 23.7 Å². The van der Waals surface area contributed by atoms with E-state index >= 15 is 0 Å². The predicted octanol–water partition coefficient (Wildman–Crippen LogP) is 4.09. The summed E-state index contributed by atoms with van der Waals surface area (Å²) in [6.45, 7) is 4.95. The number of benzene rings is 2. The Balaban J connectivity index is 1.83. The van der Waals surface area contributed by atoms with Crippen molar-refractivity contribution < 1.29 is 14.3 Å². The van der Waals surface area contributed by atoms with Gasteiger partial charge in [-0.15, -0.1) is 0 Å². The summed E-state index contributed by atoms with van der Waals surface area (Å²) in [5, 5.41) is 6.82. The van der Waals surface area contributed by atoms with Crippen LogP contribution in [-0.4, -0.2) is 26.7 Å². The maximum Gasteiger partial charge on any atom is 0.222 e. The van der Waals surface area contributed by atoms with E-state index in [1.165, 1.54) is 0 Å². The zero-order valence-electron chi connectivity index (χ0n) is 15.6. The Kier molecular flexibility index (Phi) is 7.16. The second-order valence-electron chi connectivity index (χ2n) is 6.08. The van der Waals surface area contributed by atoms with Crippen LogP contribution in [0.1, 0.15) is 23.1 Å². The fourth-order valence-electron chi connectivity index (χ4n) is 2.72. The quantitative estimate of drug-likeness (QED) is 0.728. The Morgan fingerprint density at radius 1 is 1.08 bits per heavy atom. The molecule has 0 aromatic heterocycles. The van der Waals surface area contributed by atoms with E-state index < -0.39 is 0 Å². The molecule has 0 fully saturated rings. The van der Waals surface area contributed by atoms with Gasteiger partial charge in [-0.3, -0.25) is 4.79 Å². The number of halogens is 1. The number of hydrogen-bond donors (Lipinski definition) is 2. The van der Waals surface area contributed by atoms with Crippen molar-refractivity contribution in [1.29, 1.82) is 0 Å². The number of nitrogens with one attached hydrogen (secondary N) is 2. The molecule has 0 aliphatic rings. The van der Waals surface area contributed by atoms with Crippen molar-refractivity contribution in [2.45, 2.75) is 26.8 Å². The fraction of sp³-hybridized carbons (Fsp3) is 0.350. The van der Waals surface area contributed by atoms with Crippen LogP contribution in [0, 0.1) is 13.8 Å². The maximum absolute atomic E-state index is 12.1. The summed E-state index contributed by atoms with van der Waals surface area (Å²) in [7, 11) is 3.18. The van der Waals surface area contributed by atoms with Crippen molar-refractivity contribution in [2.75, 3.05) is 26.1 Å². The molecule has 0 radical (unpaired) electrons. The van der Waals surface area contributed by atoms with Crippen molar-refractivity contribution in [3.63, 3.8) is 0 Å². The highest BCUT2D eigenvalue weighted by atomic mass is 35.5. The molecule has 0 aliphatic heterocycles. The number of rotatable bonds is 8. The van der Waals surface area contributed by atoms with E-state index in [9.17, 15) is 4.79 Å². The number of carbonyl (C=O) groups excluding carboxylic acids is 1. The van der Waals surface area contributed by atoms with Crippen LogP contribution in [0.15, 0.2) is 30.3 Å². The van der Waals surface area contributed by atoms with Crippen LogP contribution in [0.2, 0.25) is 5.02 Å². The Morgan fingerprint density at radius 3 is 2.46 bits per heavy atom.